The summed E-state index contributed by atoms with van der Waals surface area (Å²) in [5.74, 6) is 4.14. The number of piperidine rings is 2. The lowest BCUT2D eigenvalue weighted by atomic mass is 9.88. The number of nitrogens with two attached hydrogens (primary N) is 1. The first-order valence-corrected chi connectivity index (χ1v) is 30.8. The predicted octanol–water partition coefficient (Wildman–Crippen LogP) is 12.6. The van der Waals surface area contributed by atoms with Crippen molar-refractivity contribution >= 4 is 75.8 Å². The Morgan fingerprint density at radius 2 is 1.02 bits per heavy atom. The predicted molar refractivity (Wildman–Crippen MR) is 329 cm³/mol. The zero-order chi connectivity index (χ0) is 57.0. The first kappa shape index (κ1) is 59.3. The summed E-state index contributed by atoms with van der Waals surface area (Å²) in [6.07, 6.45) is 9.96. The van der Waals surface area contributed by atoms with Crippen molar-refractivity contribution in [3.8, 4) is 11.5 Å². The van der Waals surface area contributed by atoms with E-state index in [0.29, 0.717) is 43.4 Å². The van der Waals surface area contributed by atoms with Crippen LogP contribution < -0.4 is 20.5 Å². The molecule has 0 saturated carbocycles. The fraction of sp³-hybridized carbons (Fsp3) is 0.369. The Bertz CT molecular complexity index is 3250. The molecule has 2 aromatic heterocycles. The van der Waals surface area contributed by atoms with Crippen LogP contribution in [0, 0.1) is 0 Å². The molecule has 16 heteroatoms. The van der Waals surface area contributed by atoms with Crippen LogP contribution in [0.4, 0.5) is 4.79 Å². The molecule has 0 radical (unpaired) electrons. The Labute approximate surface area is 495 Å². The standard InChI is InChI=1S/C35H40ClN3O4S.C30H32ClN3O2S/c1-35(2,3)43-34(41)38-30(22-44-21-23-7-12-28(42-4)13-8-23)33(40)39-18-15-24(16-19-39)31-29-14-11-27(36)20-26(29)10-9-25-6-5-17-37-32(25)31;1-36-25-9-4-20(5-10-25)18-37-19-27(32)30(35)34-15-12-21(13-16-34)28-26-11-8-24(31)17-23(26)7-6-22-3-2-14-33-29(22)28/h5-8,11-14,17,20,30H,9-10,15-16,18-19,21-22H2,1-4H3,(H,38,41);2-5,8-11,14,17,27H,6-7,12-13,15-16,18-19,32H2,1H3/t30-;27-/m11/s1. The summed E-state index contributed by atoms with van der Waals surface area (Å²) in [5, 5.41) is 4.36. The molecule has 0 unspecified atom stereocenters. The van der Waals surface area contributed by atoms with E-state index in [2.05, 4.69) is 41.7 Å². The minimum atomic E-state index is -0.703. The molecular weight excluding hydrogens is 1100 g/mol. The Hall–Kier alpha value is -6.29. The van der Waals surface area contributed by atoms with Crippen LogP contribution in [0.3, 0.4) is 0 Å². The number of pyridine rings is 2. The Morgan fingerprint density at radius 1 is 0.593 bits per heavy atom. The Morgan fingerprint density at radius 3 is 1.47 bits per heavy atom. The van der Waals surface area contributed by atoms with Gasteiger partial charge in [0.2, 0.25) is 11.8 Å². The number of aryl methyl sites for hydroxylation is 4. The third-order valence-corrected chi connectivity index (χ3v) is 17.8. The fourth-order valence-corrected chi connectivity index (χ4v) is 13.3. The van der Waals surface area contributed by atoms with Crippen LogP contribution in [0.1, 0.15) is 102 Å². The molecule has 2 atom stereocenters. The van der Waals surface area contributed by atoms with Gasteiger partial charge in [-0.3, -0.25) is 19.6 Å². The monoisotopic (exact) mass is 1170 g/mol. The smallest absolute Gasteiger partial charge is 0.408 e. The topological polar surface area (TPSA) is 149 Å². The number of aromatic nitrogens is 2. The molecule has 3 N–H and O–H groups in total. The molecule has 4 heterocycles. The van der Waals surface area contributed by atoms with Gasteiger partial charge in [0.05, 0.1) is 31.6 Å². The third-order valence-electron chi connectivity index (χ3n) is 15.1. The SMILES string of the molecule is COc1ccc(CSC[C@@H](N)C(=O)N2CCC(=C3c4ccc(Cl)cc4CCc4cccnc43)CC2)cc1.COc1ccc(CSC[C@@H](NC(=O)OC(C)(C)C)C(=O)N2CCC(=C3c4ccc(Cl)cc4CCc4cccnc43)CC2)cc1. The quantitative estimate of drug-likeness (QED) is 0.114. The molecule has 0 bridgehead atoms. The zero-order valence-corrected chi connectivity index (χ0v) is 50.0. The molecule has 2 aliphatic heterocycles. The number of nitrogens with zero attached hydrogens (tertiary/aromatic N) is 4. The summed E-state index contributed by atoms with van der Waals surface area (Å²) < 4.78 is 16.0. The molecule has 12 nitrogen and oxygen atoms in total. The van der Waals surface area contributed by atoms with Gasteiger partial charge in [-0.1, -0.05) is 82.9 Å². The maximum absolute atomic E-state index is 13.9. The zero-order valence-electron chi connectivity index (χ0n) is 46.9. The number of halogens is 2. The lowest BCUT2D eigenvalue weighted by Crippen LogP contribution is -2.52. The Balaban J connectivity index is 0.000000198. The van der Waals surface area contributed by atoms with Gasteiger partial charge in [-0.25, -0.2) is 4.79 Å². The minimum absolute atomic E-state index is 0.0397. The summed E-state index contributed by atoms with van der Waals surface area (Å²) in [6.45, 7) is 7.94. The van der Waals surface area contributed by atoms with Crippen molar-refractivity contribution in [3.05, 3.63) is 199 Å². The van der Waals surface area contributed by atoms with Crippen molar-refractivity contribution in [1.82, 2.24) is 25.1 Å². The van der Waals surface area contributed by atoms with Crippen LogP contribution in [0.15, 0.2) is 133 Å². The molecule has 4 aliphatic rings. The van der Waals surface area contributed by atoms with Crippen LogP contribution in [0.25, 0.3) is 11.1 Å². The van der Waals surface area contributed by atoms with Crippen LogP contribution in [-0.2, 0) is 51.5 Å². The number of alkyl carbamates (subject to hydrolysis) is 1. The van der Waals surface area contributed by atoms with Crippen LogP contribution >= 0.6 is 46.7 Å². The van der Waals surface area contributed by atoms with E-state index in [9.17, 15) is 14.4 Å². The average molecular weight is 1170 g/mol. The summed E-state index contributed by atoms with van der Waals surface area (Å²) in [6, 6.07) is 35.3. The number of carbonyl (C=O) groups excluding carboxylic acids is 3. The number of amides is 3. The van der Waals surface area contributed by atoms with E-state index in [1.54, 1.807) is 37.7 Å². The number of methoxy groups -OCH3 is 2. The number of hydrogen-bond donors (Lipinski definition) is 2. The van der Waals surface area contributed by atoms with Crippen molar-refractivity contribution in [2.75, 3.05) is 51.9 Å². The number of benzene rings is 4. The van der Waals surface area contributed by atoms with Gasteiger partial charge < -0.3 is 35.1 Å². The first-order valence-electron chi connectivity index (χ1n) is 27.8. The molecule has 81 heavy (non-hydrogen) atoms. The molecule has 2 fully saturated rings. The lowest BCUT2D eigenvalue weighted by Gasteiger charge is -2.33. The van der Waals surface area contributed by atoms with Gasteiger partial charge in [0.15, 0.2) is 0 Å². The third kappa shape index (κ3) is 15.4. The molecule has 3 amide bonds. The van der Waals surface area contributed by atoms with Gasteiger partial charge >= 0.3 is 6.09 Å². The molecule has 2 aliphatic carbocycles. The lowest BCUT2D eigenvalue weighted by molar-refractivity contribution is -0.133. The van der Waals surface area contributed by atoms with Gasteiger partial charge in [-0.05, 0) is 177 Å². The van der Waals surface area contributed by atoms with Crippen LogP contribution in [0.2, 0.25) is 10.0 Å². The summed E-state index contributed by atoms with van der Waals surface area (Å²) in [4.78, 5) is 53.2. The molecule has 10 rings (SSSR count). The van der Waals surface area contributed by atoms with E-state index in [0.717, 1.165) is 95.6 Å². The van der Waals surface area contributed by atoms with Crippen molar-refractivity contribution < 1.29 is 28.6 Å². The normalized spacial score (nSPS) is 15.8. The van der Waals surface area contributed by atoms with Crippen LogP contribution in [-0.4, -0.2) is 107 Å². The highest BCUT2D eigenvalue weighted by atomic mass is 35.5. The van der Waals surface area contributed by atoms with E-state index in [-0.39, 0.29) is 11.8 Å². The van der Waals surface area contributed by atoms with Gasteiger partial charge in [-0.15, -0.1) is 0 Å². The second-order valence-corrected chi connectivity index (χ2v) is 24.7. The fourth-order valence-electron chi connectivity index (χ4n) is 11.0. The number of rotatable bonds is 13. The van der Waals surface area contributed by atoms with E-state index in [1.165, 1.54) is 61.2 Å². The number of nitrogens with one attached hydrogen (secondary N) is 1. The van der Waals surface area contributed by atoms with Gasteiger partial charge in [-0.2, -0.15) is 23.5 Å². The highest BCUT2D eigenvalue weighted by Crippen LogP contribution is 2.40. The number of thioether (sulfide) groups is 2. The second-order valence-electron chi connectivity index (χ2n) is 21.8. The second kappa shape index (κ2) is 27.7. The van der Waals surface area contributed by atoms with E-state index < -0.39 is 23.8 Å². The van der Waals surface area contributed by atoms with E-state index in [1.807, 2.05) is 116 Å². The highest BCUT2D eigenvalue weighted by molar-refractivity contribution is 7.98. The minimum Gasteiger partial charge on any atom is -0.497 e. The average Bonchev–Trinajstić information content (AvgIpc) is 3.80. The Kier molecular flexibility index (Phi) is 20.3. The molecule has 0 spiro atoms. The molecule has 4 aromatic carbocycles. The van der Waals surface area contributed by atoms with Gasteiger partial charge in [0, 0.05) is 82.8 Å². The summed E-state index contributed by atoms with van der Waals surface area (Å²) in [7, 11) is 3.30. The number of likely N-dealkylation sites (tertiary alicyclic amines) is 2. The molecule has 6 aromatic rings. The molecular formula is C65H72Cl2N6O6S2. The van der Waals surface area contributed by atoms with Crippen LogP contribution in [0.5, 0.6) is 11.5 Å². The van der Waals surface area contributed by atoms with Crippen molar-refractivity contribution in [2.45, 2.75) is 101 Å². The van der Waals surface area contributed by atoms with Crippen molar-refractivity contribution in [1.29, 1.82) is 0 Å². The van der Waals surface area contributed by atoms with Crippen molar-refractivity contribution in [2.24, 2.45) is 5.73 Å². The highest BCUT2D eigenvalue weighted by Gasteiger charge is 2.33. The van der Waals surface area contributed by atoms with E-state index >= 15 is 0 Å². The maximum atomic E-state index is 13.9. The number of ether oxygens (including phenoxy) is 3. The maximum Gasteiger partial charge on any atom is 0.408 e. The number of hydrogen-bond acceptors (Lipinski definition) is 11. The van der Waals surface area contributed by atoms with Gasteiger partial charge in [0.25, 0.3) is 0 Å². The first-order chi connectivity index (χ1) is 39.1. The summed E-state index contributed by atoms with van der Waals surface area (Å²) in [5.41, 5.74) is 22.5. The molecule has 2 saturated heterocycles. The number of fused-ring (bicyclic) bond motifs is 4. The van der Waals surface area contributed by atoms with E-state index in [4.69, 9.17) is 53.1 Å². The van der Waals surface area contributed by atoms with Gasteiger partial charge in [0.1, 0.15) is 23.1 Å². The molecule has 424 valence electrons. The van der Waals surface area contributed by atoms with Crippen molar-refractivity contribution in [3.63, 3.8) is 0 Å². The largest absolute Gasteiger partial charge is 0.497 e. The summed E-state index contributed by atoms with van der Waals surface area (Å²) >= 11 is 16.0. The number of carbonyl (C=O) groups is 3.